The monoisotopic (exact) mass is 575 g/mol. The number of sulfone groups is 1. The number of carbonyl (C=O) groups is 1. The number of thiazole rings is 1. The number of amides is 1. The molecule has 0 saturated heterocycles. The van der Waals surface area contributed by atoms with Crippen molar-refractivity contribution in [2.75, 3.05) is 11.6 Å². The fourth-order valence-corrected chi connectivity index (χ4v) is 6.35. The lowest BCUT2D eigenvalue weighted by Crippen LogP contribution is -2.12. The van der Waals surface area contributed by atoms with Gasteiger partial charge in [-0.15, -0.1) is 11.3 Å². The van der Waals surface area contributed by atoms with Crippen LogP contribution in [0.2, 0.25) is 0 Å². The van der Waals surface area contributed by atoms with Crippen molar-refractivity contribution in [3.05, 3.63) is 120 Å². The highest BCUT2D eigenvalue weighted by Gasteiger charge is 2.18. The quantitative estimate of drug-likeness (QED) is 0.220. The molecule has 2 heterocycles. The summed E-state index contributed by atoms with van der Waals surface area (Å²) in [5.74, 6) is 0.193. The minimum Gasteiger partial charge on any atom is -0.307 e. The first-order chi connectivity index (χ1) is 19.7. The smallest absolute Gasteiger partial charge is 0.256 e. The topological polar surface area (TPSA) is 89.0 Å². The number of carbonyl (C=O) groups excluding carboxylic acids is 1. The van der Waals surface area contributed by atoms with E-state index in [1.165, 1.54) is 17.6 Å². The van der Waals surface area contributed by atoms with Gasteiger partial charge in [0.05, 0.1) is 15.5 Å². The number of aromatic nitrogens is 2. The number of anilines is 1. The van der Waals surface area contributed by atoms with E-state index in [1.807, 2.05) is 79.7 Å². The van der Waals surface area contributed by atoms with E-state index in [-0.39, 0.29) is 10.8 Å². The molecule has 1 N–H and O–H groups in total. The van der Waals surface area contributed by atoms with Crippen LogP contribution < -0.4 is 5.32 Å². The van der Waals surface area contributed by atoms with E-state index in [9.17, 15) is 13.2 Å². The number of hydrogen-bond acceptors (Lipinski definition) is 6. The van der Waals surface area contributed by atoms with Crippen LogP contribution in [0.4, 0.5) is 5.82 Å². The Morgan fingerprint density at radius 2 is 1.56 bits per heavy atom. The Morgan fingerprint density at radius 3 is 2.32 bits per heavy atom. The van der Waals surface area contributed by atoms with Crippen molar-refractivity contribution in [3.8, 4) is 32.3 Å². The third-order valence-electron chi connectivity index (χ3n) is 6.72. The lowest BCUT2D eigenvalue weighted by atomic mass is 10.1. The Balaban J connectivity index is 1.37. The van der Waals surface area contributed by atoms with Gasteiger partial charge in [-0.25, -0.2) is 18.4 Å². The highest BCUT2D eigenvalue weighted by molar-refractivity contribution is 7.90. The first kappa shape index (κ1) is 26.6. The van der Waals surface area contributed by atoms with E-state index < -0.39 is 9.84 Å². The molecule has 0 fully saturated rings. The van der Waals surface area contributed by atoms with E-state index in [2.05, 4.69) is 16.4 Å². The maximum atomic E-state index is 13.1. The normalized spacial score (nSPS) is 11.5. The number of benzene rings is 4. The van der Waals surface area contributed by atoms with Crippen molar-refractivity contribution in [1.82, 2.24) is 9.97 Å². The summed E-state index contributed by atoms with van der Waals surface area (Å²) in [5.41, 5.74) is 5.11. The zero-order valence-electron chi connectivity index (χ0n) is 22.3. The molecule has 0 aliphatic rings. The third-order valence-corrected chi connectivity index (χ3v) is 9.01. The summed E-state index contributed by atoms with van der Waals surface area (Å²) in [7, 11) is -3.30. The molecular weight excluding hydrogens is 551 g/mol. The van der Waals surface area contributed by atoms with Crippen molar-refractivity contribution in [2.45, 2.75) is 11.8 Å². The predicted octanol–water partition coefficient (Wildman–Crippen LogP) is 7.66. The average molecular weight is 576 g/mol. The lowest BCUT2D eigenvalue weighted by Gasteiger charge is -2.08. The third kappa shape index (κ3) is 5.66. The van der Waals surface area contributed by atoms with E-state index in [0.29, 0.717) is 11.4 Å². The first-order valence-electron chi connectivity index (χ1n) is 12.9. The fourth-order valence-electron chi connectivity index (χ4n) is 4.63. The molecule has 0 aliphatic heterocycles. The van der Waals surface area contributed by atoms with Crippen LogP contribution in [0, 0.1) is 6.92 Å². The van der Waals surface area contributed by atoms with Crippen molar-refractivity contribution >= 4 is 43.7 Å². The van der Waals surface area contributed by atoms with Crippen LogP contribution in [0.1, 0.15) is 15.9 Å². The second-order valence-corrected chi connectivity index (χ2v) is 12.8. The second kappa shape index (κ2) is 10.7. The minimum atomic E-state index is -3.30. The average Bonchev–Trinajstić information content (AvgIpc) is 3.42. The molecule has 0 bridgehead atoms. The van der Waals surface area contributed by atoms with Crippen LogP contribution in [0.5, 0.6) is 0 Å². The number of rotatable bonds is 6. The zero-order chi connectivity index (χ0) is 28.6. The van der Waals surface area contributed by atoms with Crippen LogP contribution in [0.15, 0.2) is 114 Å². The molecule has 41 heavy (non-hydrogen) atoms. The van der Waals surface area contributed by atoms with Gasteiger partial charge in [0.1, 0.15) is 10.8 Å². The number of pyridine rings is 1. The maximum absolute atomic E-state index is 13.1. The molecule has 0 aliphatic carbocycles. The van der Waals surface area contributed by atoms with Gasteiger partial charge >= 0.3 is 0 Å². The van der Waals surface area contributed by atoms with Crippen LogP contribution in [-0.2, 0) is 9.84 Å². The van der Waals surface area contributed by atoms with Gasteiger partial charge in [-0.1, -0.05) is 66.2 Å². The molecule has 0 spiro atoms. The summed E-state index contributed by atoms with van der Waals surface area (Å²) < 4.78 is 23.9. The highest BCUT2D eigenvalue weighted by Crippen LogP contribution is 2.41. The second-order valence-electron chi connectivity index (χ2n) is 9.81. The zero-order valence-corrected chi connectivity index (χ0v) is 24.0. The predicted molar refractivity (Wildman–Crippen MR) is 166 cm³/mol. The largest absolute Gasteiger partial charge is 0.307 e. The van der Waals surface area contributed by atoms with Gasteiger partial charge in [0.15, 0.2) is 9.84 Å². The molecule has 202 valence electrons. The SMILES string of the molecule is Cc1cccc(-c2nc(-c3ccc(S(C)(=O)=O)cc3)sc2-c2ccnc(NC(=O)c3ccc4ccccc4c3)c2)c1. The van der Waals surface area contributed by atoms with Gasteiger partial charge in [0.2, 0.25) is 0 Å². The van der Waals surface area contributed by atoms with E-state index >= 15 is 0 Å². The standard InChI is InChI=1S/C33H25N3O3S2/c1-21-6-5-9-25(18-21)30-31(40-33(36-30)23-12-14-28(15-13-23)41(2,38)39)26-16-17-34-29(20-26)35-32(37)27-11-10-22-7-3-4-8-24(22)19-27/h3-20H,1-2H3,(H,34,35,37). The van der Waals surface area contributed by atoms with Crippen LogP contribution in [-0.4, -0.2) is 30.5 Å². The molecule has 0 atom stereocenters. The van der Waals surface area contributed by atoms with E-state index in [0.717, 1.165) is 48.6 Å². The minimum absolute atomic E-state index is 0.240. The molecular formula is C33H25N3O3S2. The Hall–Kier alpha value is -4.66. The fraction of sp³-hybridized carbons (Fsp3) is 0.0606. The Morgan fingerprint density at radius 1 is 0.780 bits per heavy atom. The Bertz CT molecular complexity index is 2030. The number of nitrogens with one attached hydrogen (secondary N) is 1. The van der Waals surface area contributed by atoms with Crippen LogP contribution in [0.3, 0.4) is 0 Å². The number of hydrogen-bond donors (Lipinski definition) is 1. The van der Waals surface area contributed by atoms with Gasteiger partial charge in [-0.2, -0.15) is 0 Å². The molecule has 0 radical (unpaired) electrons. The van der Waals surface area contributed by atoms with Crippen LogP contribution in [0.25, 0.3) is 43.0 Å². The molecule has 1 amide bonds. The molecule has 6 rings (SSSR count). The molecule has 0 unspecified atom stereocenters. The Kier molecular flexibility index (Phi) is 6.95. The first-order valence-corrected chi connectivity index (χ1v) is 15.6. The Labute approximate surface area is 242 Å². The number of fused-ring (bicyclic) bond motifs is 1. The van der Waals surface area contributed by atoms with Crippen LogP contribution >= 0.6 is 11.3 Å². The van der Waals surface area contributed by atoms with Crippen molar-refractivity contribution < 1.29 is 13.2 Å². The molecule has 6 nitrogen and oxygen atoms in total. The molecule has 0 saturated carbocycles. The van der Waals surface area contributed by atoms with E-state index in [4.69, 9.17) is 4.98 Å². The molecule has 8 heteroatoms. The summed E-state index contributed by atoms with van der Waals surface area (Å²) in [4.78, 5) is 23.7. The molecule has 2 aromatic heterocycles. The van der Waals surface area contributed by atoms with Crippen molar-refractivity contribution in [1.29, 1.82) is 0 Å². The summed E-state index contributed by atoms with van der Waals surface area (Å²) in [6.07, 6.45) is 2.87. The summed E-state index contributed by atoms with van der Waals surface area (Å²) in [6.45, 7) is 2.03. The number of aryl methyl sites for hydroxylation is 1. The van der Waals surface area contributed by atoms with Gasteiger partial charge in [-0.05, 0) is 65.7 Å². The summed E-state index contributed by atoms with van der Waals surface area (Å²) in [6, 6.07) is 32.2. The van der Waals surface area contributed by atoms with Crippen molar-refractivity contribution in [2.24, 2.45) is 0 Å². The summed E-state index contributed by atoms with van der Waals surface area (Å²) >= 11 is 1.50. The lowest BCUT2D eigenvalue weighted by molar-refractivity contribution is 0.102. The molecule has 6 aromatic rings. The van der Waals surface area contributed by atoms with Gasteiger partial charge in [0.25, 0.3) is 5.91 Å². The maximum Gasteiger partial charge on any atom is 0.256 e. The van der Waals surface area contributed by atoms with E-state index in [1.54, 1.807) is 30.5 Å². The van der Waals surface area contributed by atoms with Gasteiger partial charge in [0, 0.05) is 29.1 Å². The molecule has 4 aromatic carbocycles. The van der Waals surface area contributed by atoms with Crippen molar-refractivity contribution in [3.63, 3.8) is 0 Å². The highest BCUT2D eigenvalue weighted by atomic mass is 32.2. The van der Waals surface area contributed by atoms with Gasteiger partial charge in [-0.3, -0.25) is 4.79 Å². The van der Waals surface area contributed by atoms with Gasteiger partial charge < -0.3 is 5.32 Å². The summed E-state index contributed by atoms with van der Waals surface area (Å²) in [5, 5.41) is 5.76. The number of nitrogens with zero attached hydrogens (tertiary/aromatic N) is 2.